The van der Waals surface area contributed by atoms with E-state index in [1.54, 1.807) is 0 Å². The van der Waals surface area contributed by atoms with E-state index in [2.05, 4.69) is 27.9 Å². The Labute approximate surface area is 97.0 Å². The van der Waals surface area contributed by atoms with Crippen LogP contribution in [-0.4, -0.2) is 19.6 Å². The lowest BCUT2D eigenvalue weighted by Gasteiger charge is -2.07. The number of carbonyl (C=O) groups excluding carboxylic acids is 1. The molecule has 0 spiro atoms. The van der Waals surface area contributed by atoms with Crippen molar-refractivity contribution in [2.75, 3.05) is 19.0 Å². The molecule has 14 heavy (non-hydrogen) atoms. The molecule has 0 aliphatic rings. The van der Waals surface area contributed by atoms with Crippen molar-refractivity contribution >= 4 is 34.2 Å². The number of amides is 1. The van der Waals surface area contributed by atoms with Crippen molar-refractivity contribution < 1.29 is 9.53 Å². The molecular formula is C10H12INO2. The maximum Gasteiger partial charge on any atom is 0.250 e. The molecule has 1 N–H and O–H groups in total. The van der Waals surface area contributed by atoms with Gasteiger partial charge in [-0.25, -0.2) is 0 Å². The topological polar surface area (TPSA) is 38.3 Å². The first-order valence-corrected chi connectivity index (χ1v) is 5.26. The second-order valence-electron chi connectivity index (χ2n) is 2.94. The zero-order valence-electron chi connectivity index (χ0n) is 8.13. The molecule has 1 aromatic rings. The van der Waals surface area contributed by atoms with Crippen LogP contribution in [0.15, 0.2) is 18.2 Å². The minimum Gasteiger partial charge on any atom is -0.375 e. The van der Waals surface area contributed by atoms with Gasteiger partial charge in [0.2, 0.25) is 5.91 Å². The third kappa shape index (κ3) is 3.26. The molecule has 0 bridgehead atoms. The SMILES string of the molecule is COCC(=O)Nc1ccc(I)cc1C. The predicted molar refractivity (Wildman–Crippen MR) is 64.4 cm³/mol. The van der Waals surface area contributed by atoms with Crippen molar-refractivity contribution in [1.29, 1.82) is 0 Å². The van der Waals surface area contributed by atoms with Crippen molar-refractivity contribution in [2.45, 2.75) is 6.92 Å². The summed E-state index contributed by atoms with van der Waals surface area (Å²) in [7, 11) is 1.50. The average molecular weight is 305 g/mol. The first-order valence-electron chi connectivity index (χ1n) is 4.18. The Morgan fingerprint density at radius 3 is 2.86 bits per heavy atom. The molecule has 0 aromatic heterocycles. The van der Waals surface area contributed by atoms with E-state index in [0.717, 1.165) is 14.8 Å². The first-order chi connectivity index (χ1) is 6.63. The van der Waals surface area contributed by atoms with Crippen molar-refractivity contribution in [3.05, 3.63) is 27.3 Å². The van der Waals surface area contributed by atoms with Gasteiger partial charge < -0.3 is 10.1 Å². The fourth-order valence-electron chi connectivity index (χ4n) is 1.08. The van der Waals surface area contributed by atoms with Gasteiger partial charge in [-0.15, -0.1) is 0 Å². The van der Waals surface area contributed by atoms with Crippen LogP contribution in [0, 0.1) is 10.5 Å². The fourth-order valence-corrected chi connectivity index (χ4v) is 1.73. The molecule has 0 saturated heterocycles. The number of ether oxygens (including phenoxy) is 1. The molecule has 1 amide bonds. The number of hydrogen-bond acceptors (Lipinski definition) is 2. The number of benzene rings is 1. The first kappa shape index (κ1) is 11.5. The van der Waals surface area contributed by atoms with Crippen LogP contribution < -0.4 is 5.32 Å². The second kappa shape index (κ2) is 5.31. The highest BCUT2D eigenvalue weighted by Gasteiger charge is 2.03. The molecule has 0 unspecified atom stereocenters. The number of aryl methyl sites for hydroxylation is 1. The third-order valence-corrected chi connectivity index (χ3v) is 2.41. The van der Waals surface area contributed by atoms with E-state index in [-0.39, 0.29) is 12.5 Å². The van der Waals surface area contributed by atoms with E-state index in [9.17, 15) is 4.79 Å². The minimum absolute atomic E-state index is 0.0887. The number of hydrogen-bond donors (Lipinski definition) is 1. The van der Waals surface area contributed by atoms with E-state index in [1.807, 2.05) is 25.1 Å². The Balaban J connectivity index is 2.72. The fraction of sp³-hybridized carbons (Fsp3) is 0.300. The summed E-state index contributed by atoms with van der Waals surface area (Å²) in [6, 6.07) is 5.86. The van der Waals surface area contributed by atoms with Crippen molar-refractivity contribution in [3.8, 4) is 0 Å². The van der Waals surface area contributed by atoms with Crippen LogP contribution in [0.2, 0.25) is 0 Å². The number of nitrogens with one attached hydrogen (secondary N) is 1. The van der Waals surface area contributed by atoms with Crippen LogP contribution in [0.4, 0.5) is 5.69 Å². The largest absolute Gasteiger partial charge is 0.375 e. The highest BCUT2D eigenvalue weighted by atomic mass is 127. The maximum absolute atomic E-state index is 11.2. The molecule has 1 aromatic carbocycles. The van der Waals surface area contributed by atoms with Gasteiger partial charge in [0.1, 0.15) is 6.61 Å². The Morgan fingerprint density at radius 1 is 1.57 bits per heavy atom. The molecule has 0 saturated carbocycles. The molecule has 76 valence electrons. The maximum atomic E-state index is 11.2. The van der Waals surface area contributed by atoms with Gasteiger partial charge in [-0.3, -0.25) is 4.79 Å². The van der Waals surface area contributed by atoms with Gasteiger partial charge in [0.05, 0.1) is 0 Å². The summed E-state index contributed by atoms with van der Waals surface area (Å²) in [6.07, 6.45) is 0. The third-order valence-electron chi connectivity index (χ3n) is 1.74. The van der Waals surface area contributed by atoms with E-state index in [4.69, 9.17) is 4.74 Å². The van der Waals surface area contributed by atoms with E-state index in [0.29, 0.717) is 0 Å². The van der Waals surface area contributed by atoms with E-state index in [1.165, 1.54) is 7.11 Å². The van der Waals surface area contributed by atoms with Crippen molar-refractivity contribution in [2.24, 2.45) is 0 Å². The lowest BCUT2D eigenvalue weighted by Crippen LogP contribution is -2.17. The van der Waals surface area contributed by atoms with Gasteiger partial charge in [-0.2, -0.15) is 0 Å². The van der Waals surface area contributed by atoms with Gasteiger partial charge in [-0.05, 0) is 53.3 Å². The number of carbonyl (C=O) groups is 1. The average Bonchev–Trinajstić information content (AvgIpc) is 2.10. The zero-order valence-corrected chi connectivity index (χ0v) is 10.3. The summed E-state index contributed by atoms with van der Waals surface area (Å²) < 4.78 is 5.88. The molecule has 0 fully saturated rings. The lowest BCUT2D eigenvalue weighted by molar-refractivity contribution is -0.119. The van der Waals surface area contributed by atoms with Crippen LogP contribution in [0.1, 0.15) is 5.56 Å². The van der Waals surface area contributed by atoms with E-state index < -0.39 is 0 Å². The molecule has 4 heteroatoms. The van der Waals surface area contributed by atoms with Gasteiger partial charge in [0.15, 0.2) is 0 Å². The van der Waals surface area contributed by atoms with Crippen LogP contribution in [0.25, 0.3) is 0 Å². The predicted octanol–water partition coefficient (Wildman–Crippen LogP) is 2.18. The Hall–Kier alpha value is -0.620. The standard InChI is InChI=1S/C10H12INO2/c1-7-5-8(11)3-4-9(7)12-10(13)6-14-2/h3-5H,6H2,1-2H3,(H,12,13). The Morgan fingerprint density at radius 2 is 2.29 bits per heavy atom. The van der Waals surface area contributed by atoms with E-state index >= 15 is 0 Å². The van der Waals surface area contributed by atoms with Gasteiger partial charge in [-0.1, -0.05) is 0 Å². The summed E-state index contributed by atoms with van der Waals surface area (Å²) in [5.41, 5.74) is 1.90. The molecule has 3 nitrogen and oxygen atoms in total. The van der Waals surface area contributed by atoms with Crippen LogP contribution in [0.5, 0.6) is 0 Å². The summed E-state index contributed by atoms with van der Waals surface area (Å²) in [5.74, 6) is -0.128. The van der Waals surface area contributed by atoms with Gasteiger partial charge >= 0.3 is 0 Å². The molecule has 0 heterocycles. The number of rotatable bonds is 3. The van der Waals surface area contributed by atoms with Gasteiger partial charge in [0, 0.05) is 16.4 Å². The van der Waals surface area contributed by atoms with Crippen LogP contribution >= 0.6 is 22.6 Å². The second-order valence-corrected chi connectivity index (χ2v) is 4.19. The van der Waals surface area contributed by atoms with Gasteiger partial charge in [0.25, 0.3) is 0 Å². The number of halogens is 1. The molecule has 0 atom stereocenters. The van der Waals surface area contributed by atoms with Crippen LogP contribution in [0.3, 0.4) is 0 Å². The summed E-state index contributed by atoms with van der Waals surface area (Å²) in [4.78, 5) is 11.2. The highest BCUT2D eigenvalue weighted by Crippen LogP contribution is 2.17. The minimum atomic E-state index is -0.128. The van der Waals surface area contributed by atoms with Crippen LogP contribution in [-0.2, 0) is 9.53 Å². The van der Waals surface area contributed by atoms with Crippen molar-refractivity contribution in [1.82, 2.24) is 0 Å². The molecule has 0 aliphatic carbocycles. The quantitative estimate of drug-likeness (QED) is 0.869. The van der Waals surface area contributed by atoms with Crippen molar-refractivity contribution in [3.63, 3.8) is 0 Å². The Kier molecular flexibility index (Phi) is 4.34. The lowest BCUT2D eigenvalue weighted by atomic mass is 10.2. The smallest absolute Gasteiger partial charge is 0.250 e. The molecule has 1 rings (SSSR count). The summed E-state index contributed by atoms with van der Waals surface area (Å²) in [5, 5.41) is 2.77. The summed E-state index contributed by atoms with van der Waals surface area (Å²) in [6.45, 7) is 2.05. The zero-order chi connectivity index (χ0) is 10.6. The molecular weight excluding hydrogens is 293 g/mol. The number of anilines is 1. The Bertz CT molecular complexity index is 339. The summed E-state index contributed by atoms with van der Waals surface area (Å²) >= 11 is 2.24. The number of methoxy groups -OCH3 is 1. The monoisotopic (exact) mass is 305 g/mol. The molecule has 0 radical (unpaired) electrons. The normalized spacial score (nSPS) is 9.93. The highest BCUT2D eigenvalue weighted by molar-refractivity contribution is 14.1. The molecule has 0 aliphatic heterocycles.